The lowest BCUT2D eigenvalue weighted by Gasteiger charge is -2.17. The van der Waals surface area contributed by atoms with E-state index in [0.29, 0.717) is 0 Å². The number of thioether (sulfide) groups is 1. The van der Waals surface area contributed by atoms with Gasteiger partial charge in [0.1, 0.15) is 0 Å². The van der Waals surface area contributed by atoms with Gasteiger partial charge in [-0.2, -0.15) is 0 Å². The van der Waals surface area contributed by atoms with E-state index in [1.807, 2.05) is 30.3 Å². The maximum Gasteiger partial charge on any atom is 0.0692 e. The first kappa shape index (κ1) is 14.1. The number of carboxylic acids is 1. The fraction of sp³-hybridized carbons (Fsp3) is 0.500. The standard InChI is InChI=1S/C14H20O2S/c1-2-3-4-8-11-17-13(14(15)16)12-9-6-5-7-10-12/h5-7,9-10,13H,2-4,8,11H2,1H3,(H,15,16)/p-1. The lowest BCUT2D eigenvalue weighted by molar-refractivity contribution is -0.305. The second kappa shape index (κ2) is 8.18. The lowest BCUT2D eigenvalue weighted by Crippen LogP contribution is -2.28. The van der Waals surface area contributed by atoms with Gasteiger partial charge in [-0.25, -0.2) is 0 Å². The maximum absolute atomic E-state index is 11.1. The number of carbonyl (C=O) groups excluding carboxylic acids is 1. The molecule has 3 heteroatoms. The van der Waals surface area contributed by atoms with Gasteiger partial charge in [-0.15, -0.1) is 11.8 Å². The van der Waals surface area contributed by atoms with Crippen molar-refractivity contribution < 1.29 is 9.90 Å². The van der Waals surface area contributed by atoms with Crippen LogP contribution in [0.25, 0.3) is 0 Å². The van der Waals surface area contributed by atoms with Crippen molar-refractivity contribution in [2.24, 2.45) is 0 Å². The smallest absolute Gasteiger partial charge is 0.0692 e. The van der Waals surface area contributed by atoms with Crippen LogP contribution in [0.1, 0.15) is 43.4 Å². The highest BCUT2D eigenvalue weighted by molar-refractivity contribution is 8.00. The Morgan fingerprint density at radius 3 is 2.53 bits per heavy atom. The second-order valence-electron chi connectivity index (χ2n) is 4.04. The van der Waals surface area contributed by atoms with Crippen molar-refractivity contribution >= 4 is 17.7 Å². The molecule has 0 amide bonds. The van der Waals surface area contributed by atoms with Crippen molar-refractivity contribution in [3.8, 4) is 0 Å². The molecule has 1 aromatic carbocycles. The van der Waals surface area contributed by atoms with Gasteiger partial charge < -0.3 is 9.90 Å². The van der Waals surface area contributed by atoms with E-state index in [-0.39, 0.29) is 0 Å². The van der Waals surface area contributed by atoms with Crippen molar-refractivity contribution in [3.63, 3.8) is 0 Å². The fourth-order valence-electron chi connectivity index (χ4n) is 1.66. The number of hydrogen-bond acceptors (Lipinski definition) is 3. The molecule has 94 valence electrons. The highest BCUT2D eigenvalue weighted by atomic mass is 32.2. The van der Waals surface area contributed by atoms with Gasteiger partial charge in [0, 0.05) is 0 Å². The van der Waals surface area contributed by atoms with E-state index in [4.69, 9.17) is 0 Å². The van der Waals surface area contributed by atoms with E-state index < -0.39 is 11.2 Å². The lowest BCUT2D eigenvalue weighted by atomic mass is 10.1. The van der Waals surface area contributed by atoms with Crippen LogP contribution >= 0.6 is 11.8 Å². The Morgan fingerprint density at radius 1 is 1.24 bits per heavy atom. The van der Waals surface area contributed by atoms with E-state index in [1.165, 1.54) is 31.0 Å². The van der Waals surface area contributed by atoms with E-state index >= 15 is 0 Å². The molecule has 0 radical (unpaired) electrons. The van der Waals surface area contributed by atoms with Crippen LogP contribution in [0.2, 0.25) is 0 Å². The summed E-state index contributed by atoms with van der Waals surface area (Å²) in [5, 5.41) is 10.6. The van der Waals surface area contributed by atoms with Gasteiger partial charge in [0.25, 0.3) is 0 Å². The van der Waals surface area contributed by atoms with Crippen LogP contribution in [0, 0.1) is 0 Å². The Kier molecular flexibility index (Phi) is 6.78. The number of hydrogen-bond donors (Lipinski definition) is 0. The zero-order chi connectivity index (χ0) is 12.5. The summed E-state index contributed by atoms with van der Waals surface area (Å²) >= 11 is 1.47. The van der Waals surface area contributed by atoms with Crippen LogP contribution in [0.4, 0.5) is 0 Å². The molecule has 1 rings (SSSR count). The number of aliphatic carboxylic acids is 1. The summed E-state index contributed by atoms with van der Waals surface area (Å²) in [6.45, 7) is 2.17. The Morgan fingerprint density at radius 2 is 1.94 bits per heavy atom. The van der Waals surface area contributed by atoms with Gasteiger partial charge >= 0.3 is 0 Å². The van der Waals surface area contributed by atoms with Gasteiger partial charge in [0.05, 0.1) is 11.2 Å². The molecule has 0 heterocycles. The van der Waals surface area contributed by atoms with Crippen LogP contribution in [0.5, 0.6) is 0 Å². The van der Waals surface area contributed by atoms with E-state index in [0.717, 1.165) is 17.7 Å². The molecule has 0 aliphatic heterocycles. The summed E-state index contributed by atoms with van der Waals surface area (Å²) in [5.41, 5.74) is 0.827. The summed E-state index contributed by atoms with van der Waals surface area (Å²) in [5.74, 6) is -0.107. The van der Waals surface area contributed by atoms with Crippen molar-refractivity contribution in [2.45, 2.75) is 37.9 Å². The van der Waals surface area contributed by atoms with Crippen molar-refractivity contribution in [3.05, 3.63) is 35.9 Å². The molecule has 17 heavy (non-hydrogen) atoms. The number of rotatable bonds is 8. The van der Waals surface area contributed by atoms with Crippen LogP contribution in [0.15, 0.2) is 30.3 Å². The highest BCUT2D eigenvalue weighted by Crippen LogP contribution is 2.29. The number of benzene rings is 1. The average Bonchev–Trinajstić information content (AvgIpc) is 2.34. The zero-order valence-electron chi connectivity index (χ0n) is 10.2. The third-order valence-corrected chi connectivity index (χ3v) is 3.92. The zero-order valence-corrected chi connectivity index (χ0v) is 11.0. The monoisotopic (exact) mass is 251 g/mol. The van der Waals surface area contributed by atoms with Gasteiger partial charge in [-0.05, 0) is 17.7 Å². The van der Waals surface area contributed by atoms with E-state index in [2.05, 4.69) is 6.92 Å². The average molecular weight is 251 g/mol. The van der Waals surface area contributed by atoms with Gasteiger partial charge in [-0.1, -0.05) is 56.5 Å². The number of carboxylic acid groups (broad SMARTS) is 1. The van der Waals surface area contributed by atoms with Gasteiger partial charge in [-0.3, -0.25) is 0 Å². The highest BCUT2D eigenvalue weighted by Gasteiger charge is 2.12. The number of carbonyl (C=O) groups is 1. The molecular weight excluding hydrogens is 232 g/mol. The topological polar surface area (TPSA) is 40.1 Å². The first-order valence-electron chi connectivity index (χ1n) is 6.13. The predicted molar refractivity (Wildman–Crippen MR) is 70.8 cm³/mol. The first-order chi connectivity index (χ1) is 8.25. The Labute approximate surface area is 107 Å². The molecule has 0 aliphatic carbocycles. The maximum atomic E-state index is 11.1. The Hall–Kier alpha value is -0.960. The fourth-order valence-corrected chi connectivity index (χ4v) is 2.75. The Balaban J connectivity index is 2.42. The minimum atomic E-state index is -0.989. The molecule has 0 spiro atoms. The predicted octanol–water partition coefficient (Wildman–Crippen LogP) is 2.79. The summed E-state index contributed by atoms with van der Waals surface area (Å²) in [6, 6.07) is 9.31. The molecule has 0 fully saturated rings. The SMILES string of the molecule is CCCCCCSC(C(=O)[O-])c1ccccc1. The van der Waals surface area contributed by atoms with Crippen LogP contribution in [-0.4, -0.2) is 11.7 Å². The molecule has 1 aromatic rings. The molecule has 0 N–H and O–H groups in total. The molecule has 1 unspecified atom stereocenters. The third-order valence-electron chi connectivity index (χ3n) is 2.60. The van der Waals surface area contributed by atoms with Crippen molar-refractivity contribution in [1.29, 1.82) is 0 Å². The molecule has 0 saturated carbocycles. The minimum absolute atomic E-state index is 0.530. The van der Waals surface area contributed by atoms with Crippen LogP contribution in [-0.2, 0) is 4.79 Å². The summed E-state index contributed by atoms with van der Waals surface area (Å²) < 4.78 is 0. The minimum Gasteiger partial charge on any atom is -0.549 e. The largest absolute Gasteiger partial charge is 0.549 e. The molecule has 0 saturated heterocycles. The van der Waals surface area contributed by atoms with Crippen LogP contribution in [0.3, 0.4) is 0 Å². The molecule has 0 aromatic heterocycles. The summed E-state index contributed by atoms with van der Waals surface area (Å²) in [7, 11) is 0. The first-order valence-corrected chi connectivity index (χ1v) is 7.18. The molecule has 0 bridgehead atoms. The molecular formula is C14H19O2S-. The summed E-state index contributed by atoms with van der Waals surface area (Å²) in [4.78, 5) is 11.1. The molecule has 2 nitrogen and oxygen atoms in total. The molecule has 0 aliphatic rings. The number of unbranched alkanes of at least 4 members (excludes halogenated alkanes) is 3. The third kappa shape index (κ3) is 5.26. The van der Waals surface area contributed by atoms with E-state index in [1.54, 1.807) is 0 Å². The van der Waals surface area contributed by atoms with Gasteiger partial charge in [0.15, 0.2) is 0 Å². The van der Waals surface area contributed by atoms with E-state index in [9.17, 15) is 9.90 Å². The Bertz CT molecular complexity index is 324. The summed E-state index contributed by atoms with van der Waals surface area (Å²) in [6.07, 6.45) is 4.68. The van der Waals surface area contributed by atoms with Crippen molar-refractivity contribution in [2.75, 3.05) is 5.75 Å². The van der Waals surface area contributed by atoms with Crippen molar-refractivity contribution in [1.82, 2.24) is 0 Å². The normalized spacial score (nSPS) is 12.3. The quantitative estimate of drug-likeness (QED) is 0.667. The van der Waals surface area contributed by atoms with Gasteiger partial charge in [0.2, 0.25) is 0 Å². The van der Waals surface area contributed by atoms with Crippen LogP contribution < -0.4 is 5.11 Å². The molecule has 1 atom stereocenters. The second-order valence-corrected chi connectivity index (χ2v) is 5.25.